The number of ether oxygens (including phenoxy) is 1. The average molecular weight is 363 g/mol. The Morgan fingerprint density at radius 3 is 2.32 bits per heavy atom. The summed E-state index contributed by atoms with van der Waals surface area (Å²) in [4.78, 5) is 27.1. The standard InChI is InChI=1S/C16H17N3O5S/c17-25(22,23)14-3-1-12(2-4-14)5-10-19-15(20)11-24-16(21)13-6-8-18-9-7-13/h1-4,6-9H,5,10-11H2,(H,19,20)(H2,17,22,23). The van der Waals surface area contributed by atoms with Gasteiger partial charge in [0.1, 0.15) is 0 Å². The van der Waals surface area contributed by atoms with Crippen molar-refractivity contribution < 1.29 is 22.7 Å². The van der Waals surface area contributed by atoms with Gasteiger partial charge in [0.2, 0.25) is 10.0 Å². The Bertz CT molecular complexity index is 836. The molecule has 9 heteroatoms. The van der Waals surface area contributed by atoms with Gasteiger partial charge in [-0.05, 0) is 36.2 Å². The van der Waals surface area contributed by atoms with Gasteiger partial charge in [-0.2, -0.15) is 0 Å². The van der Waals surface area contributed by atoms with Gasteiger partial charge >= 0.3 is 5.97 Å². The molecular weight excluding hydrogens is 346 g/mol. The highest BCUT2D eigenvalue weighted by molar-refractivity contribution is 7.89. The number of hydrogen-bond donors (Lipinski definition) is 2. The number of aromatic nitrogens is 1. The lowest BCUT2D eigenvalue weighted by Crippen LogP contribution is -2.30. The molecule has 0 saturated heterocycles. The summed E-state index contributed by atoms with van der Waals surface area (Å²) in [6.45, 7) is -0.0636. The molecule has 3 N–H and O–H groups in total. The van der Waals surface area contributed by atoms with Crippen molar-refractivity contribution in [1.82, 2.24) is 10.3 Å². The van der Waals surface area contributed by atoms with E-state index in [9.17, 15) is 18.0 Å². The zero-order valence-electron chi connectivity index (χ0n) is 13.2. The van der Waals surface area contributed by atoms with Crippen LogP contribution in [0.1, 0.15) is 15.9 Å². The molecule has 2 rings (SSSR count). The SMILES string of the molecule is NS(=O)(=O)c1ccc(CCNC(=O)COC(=O)c2ccncc2)cc1. The van der Waals surface area contributed by atoms with E-state index in [0.717, 1.165) is 5.56 Å². The van der Waals surface area contributed by atoms with Crippen LogP contribution in [0.15, 0.2) is 53.7 Å². The number of sulfonamides is 1. The number of esters is 1. The van der Waals surface area contributed by atoms with Gasteiger partial charge in [-0.25, -0.2) is 18.4 Å². The molecule has 1 aromatic carbocycles. The van der Waals surface area contributed by atoms with Crippen LogP contribution in [0.2, 0.25) is 0 Å². The number of hydrogen-bond acceptors (Lipinski definition) is 6. The van der Waals surface area contributed by atoms with Crippen molar-refractivity contribution in [1.29, 1.82) is 0 Å². The second-order valence-corrected chi connectivity index (χ2v) is 6.66. The number of pyridine rings is 1. The maximum absolute atomic E-state index is 11.7. The van der Waals surface area contributed by atoms with E-state index < -0.39 is 21.9 Å². The first-order chi connectivity index (χ1) is 11.9. The smallest absolute Gasteiger partial charge is 0.338 e. The highest BCUT2D eigenvalue weighted by Crippen LogP contribution is 2.08. The van der Waals surface area contributed by atoms with Gasteiger partial charge < -0.3 is 10.1 Å². The molecule has 2 aromatic rings. The Morgan fingerprint density at radius 1 is 1.08 bits per heavy atom. The lowest BCUT2D eigenvalue weighted by molar-refractivity contribution is -0.124. The maximum atomic E-state index is 11.7. The second kappa shape index (κ2) is 8.36. The van der Waals surface area contributed by atoms with Crippen LogP contribution in [0.3, 0.4) is 0 Å². The van der Waals surface area contributed by atoms with Crippen LogP contribution >= 0.6 is 0 Å². The molecule has 1 aromatic heterocycles. The molecule has 1 amide bonds. The van der Waals surface area contributed by atoms with Crippen molar-refractivity contribution >= 4 is 21.9 Å². The predicted octanol–water partition coefficient (Wildman–Crippen LogP) is 0.245. The Labute approximate surface area is 145 Å². The van der Waals surface area contributed by atoms with Crippen molar-refractivity contribution in [2.45, 2.75) is 11.3 Å². The van der Waals surface area contributed by atoms with Crippen LogP contribution in [-0.2, 0) is 26.0 Å². The minimum absolute atomic E-state index is 0.0308. The number of carbonyl (C=O) groups is 2. The minimum Gasteiger partial charge on any atom is -0.452 e. The molecule has 0 spiro atoms. The Kier molecular flexibility index (Phi) is 6.20. The summed E-state index contributed by atoms with van der Waals surface area (Å²) in [5.41, 5.74) is 1.15. The van der Waals surface area contributed by atoms with Crippen LogP contribution < -0.4 is 10.5 Å². The van der Waals surface area contributed by atoms with Crippen LogP contribution in [0.25, 0.3) is 0 Å². The summed E-state index contributed by atoms with van der Waals surface area (Å²) in [7, 11) is -3.71. The summed E-state index contributed by atoms with van der Waals surface area (Å²) in [6.07, 6.45) is 3.41. The molecule has 0 bridgehead atoms. The highest BCUT2D eigenvalue weighted by atomic mass is 32.2. The summed E-state index contributed by atoms with van der Waals surface area (Å²) in [5, 5.41) is 7.63. The van der Waals surface area contributed by atoms with Gasteiger partial charge in [0.15, 0.2) is 6.61 Å². The van der Waals surface area contributed by atoms with Crippen molar-refractivity contribution in [2.24, 2.45) is 5.14 Å². The van der Waals surface area contributed by atoms with E-state index in [1.807, 2.05) is 0 Å². The number of amides is 1. The van der Waals surface area contributed by atoms with Crippen LogP contribution in [0, 0.1) is 0 Å². The third-order valence-corrected chi connectivity index (χ3v) is 4.17. The third kappa shape index (κ3) is 5.98. The van der Waals surface area contributed by atoms with Crippen LogP contribution in [0.5, 0.6) is 0 Å². The lowest BCUT2D eigenvalue weighted by Gasteiger charge is -2.07. The molecule has 0 aliphatic heterocycles. The molecule has 0 radical (unpaired) electrons. The summed E-state index contributed by atoms with van der Waals surface area (Å²) in [6, 6.07) is 9.04. The van der Waals surface area contributed by atoms with Crippen molar-refractivity contribution in [3.63, 3.8) is 0 Å². The van der Waals surface area contributed by atoms with E-state index in [1.54, 1.807) is 12.1 Å². The van der Waals surface area contributed by atoms with Crippen molar-refractivity contribution in [2.75, 3.05) is 13.2 Å². The van der Waals surface area contributed by atoms with Crippen LogP contribution in [0.4, 0.5) is 0 Å². The average Bonchev–Trinajstić information content (AvgIpc) is 2.60. The Morgan fingerprint density at radius 2 is 1.72 bits per heavy atom. The van der Waals surface area contributed by atoms with Gasteiger partial charge in [0.25, 0.3) is 5.91 Å². The molecule has 25 heavy (non-hydrogen) atoms. The topological polar surface area (TPSA) is 128 Å². The number of nitrogens with zero attached hydrogens (tertiary/aromatic N) is 1. The molecule has 0 atom stereocenters. The third-order valence-electron chi connectivity index (χ3n) is 3.24. The molecule has 1 heterocycles. The minimum atomic E-state index is -3.71. The van der Waals surface area contributed by atoms with Gasteiger partial charge in [-0.3, -0.25) is 9.78 Å². The monoisotopic (exact) mass is 363 g/mol. The van der Waals surface area contributed by atoms with Crippen LogP contribution in [-0.4, -0.2) is 38.4 Å². The normalized spacial score (nSPS) is 10.9. The fraction of sp³-hybridized carbons (Fsp3) is 0.188. The van der Waals surface area contributed by atoms with E-state index >= 15 is 0 Å². The molecule has 0 aliphatic rings. The zero-order valence-corrected chi connectivity index (χ0v) is 14.0. The number of primary sulfonamides is 1. The first-order valence-electron chi connectivity index (χ1n) is 7.32. The van der Waals surface area contributed by atoms with E-state index in [-0.39, 0.29) is 11.5 Å². The van der Waals surface area contributed by atoms with Crippen molar-refractivity contribution in [3.05, 3.63) is 59.9 Å². The van der Waals surface area contributed by atoms with Gasteiger partial charge in [0, 0.05) is 18.9 Å². The number of nitrogens with one attached hydrogen (secondary N) is 1. The summed E-state index contributed by atoms with van der Waals surface area (Å²) < 4.78 is 27.2. The predicted molar refractivity (Wildman–Crippen MR) is 89.0 cm³/mol. The fourth-order valence-corrected chi connectivity index (χ4v) is 2.46. The van der Waals surface area contributed by atoms with Gasteiger partial charge in [0.05, 0.1) is 10.5 Å². The molecule has 0 aliphatic carbocycles. The highest BCUT2D eigenvalue weighted by Gasteiger charge is 2.10. The number of nitrogens with two attached hydrogens (primary N) is 1. The fourth-order valence-electron chi connectivity index (χ4n) is 1.95. The second-order valence-electron chi connectivity index (χ2n) is 5.10. The Balaban J connectivity index is 1.73. The quantitative estimate of drug-likeness (QED) is 0.678. The number of carbonyl (C=O) groups excluding carboxylic acids is 2. The molecule has 0 fully saturated rings. The first-order valence-corrected chi connectivity index (χ1v) is 8.86. The van der Waals surface area contributed by atoms with Gasteiger partial charge in [-0.1, -0.05) is 12.1 Å². The largest absolute Gasteiger partial charge is 0.452 e. The van der Waals surface area contributed by atoms with E-state index in [2.05, 4.69) is 10.3 Å². The van der Waals surface area contributed by atoms with E-state index in [0.29, 0.717) is 18.5 Å². The van der Waals surface area contributed by atoms with E-state index in [1.165, 1.54) is 36.7 Å². The first kappa shape index (κ1) is 18.6. The Hall–Kier alpha value is -2.78. The van der Waals surface area contributed by atoms with Crippen molar-refractivity contribution in [3.8, 4) is 0 Å². The van der Waals surface area contributed by atoms with E-state index in [4.69, 9.17) is 9.88 Å². The molecule has 0 unspecified atom stereocenters. The molecule has 132 valence electrons. The number of rotatable bonds is 7. The maximum Gasteiger partial charge on any atom is 0.338 e. The molecule has 0 saturated carbocycles. The zero-order chi connectivity index (χ0) is 18.3. The summed E-state index contributed by atoms with van der Waals surface area (Å²) in [5.74, 6) is -1.03. The number of benzene rings is 1. The molecule has 8 nitrogen and oxygen atoms in total. The lowest BCUT2D eigenvalue weighted by atomic mass is 10.1. The summed E-state index contributed by atoms with van der Waals surface area (Å²) >= 11 is 0. The molecular formula is C16H17N3O5S. The van der Waals surface area contributed by atoms with Gasteiger partial charge in [-0.15, -0.1) is 0 Å².